The zero-order valence-corrected chi connectivity index (χ0v) is 10.8. The van der Waals surface area contributed by atoms with Crippen molar-refractivity contribution in [1.82, 2.24) is 4.98 Å². The molecule has 1 fully saturated rings. The van der Waals surface area contributed by atoms with Crippen LogP contribution < -0.4 is 0 Å². The van der Waals surface area contributed by atoms with Crippen LogP contribution in [0, 0.1) is 0 Å². The van der Waals surface area contributed by atoms with Crippen LogP contribution in [0.3, 0.4) is 0 Å². The summed E-state index contributed by atoms with van der Waals surface area (Å²) in [5, 5.41) is 11.9. The lowest BCUT2D eigenvalue weighted by Gasteiger charge is -2.19. The van der Waals surface area contributed by atoms with Crippen molar-refractivity contribution in [1.29, 1.82) is 0 Å². The van der Waals surface area contributed by atoms with Crippen molar-refractivity contribution in [3.05, 3.63) is 16.1 Å². The highest BCUT2D eigenvalue weighted by Crippen LogP contribution is 2.33. The predicted molar refractivity (Wildman–Crippen MR) is 68.5 cm³/mol. The van der Waals surface area contributed by atoms with Gasteiger partial charge in [0.15, 0.2) is 0 Å². The third kappa shape index (κ3) is 3.80. The molecule has 1 aliphatic carbocycles. The molecule has 4 heteroatoms. The van der Waals surface area contributed by atoms with Gasteiger partial charge < -0.3 is 5.11 Å². The van der Waals surface area contributed by atoms with Gasteiger partial charge in [-0.1, -0.05) is 19.3 Å². The van der Waals surface area contributed by atoms with E-state index >= 15 is 0 Å². The Balaban J connectivity index is 1.84. The van der Waals surface area contributed by atoms with Gasteiger partial charge in [0.05, 0.1) is 10.7 Å². The lowest BCUT2D eigenvalue weighted by molar-refractivity contribution is -0.137. The summed E-state index contributed by atoms with van der Waals surface area (Å²) in [4.78, 5) is 15.1. The zero-order valence-electron chi connectivity index (χ0n) is 10.0. The fourth-order valence-corrected chi connectivity index (χ4v) is 3.34. The molecule has 0 amide bonds. The van der Waals surface area contributed by atoms with E-state index in [4.69, 9.17) is 5.11 Å². The first-order valence-electron chi connectivity index (χ1n) is 6.42. The average Bonchev–Trinajstić information content (AvgIpc) is 2.78. The second-order valence-electron chi connectivity index (χ2n) is 4.75. The molecule has 1 saturated carbocycles. The molecule has 2 rings (SSSR count). The van der Waals surface area contributed by atoms with Crippen LogP contribution in [0.2, 0.25) is 0 Å². The Hall–Kier alpha value is -0.900. The summed E-state index contributed by atoms with van der Waals surface area (Å²) in [5.41, 5.74) is 1.25. The van der Waals surface area contributed by atoms with E-state index in [0.29, 0.717) is 12.3 Å². The minimum absolute atomic E-state index is 0.248. The number of rotatable bonds is 5. The van der Waals surface area contributed by atoms with Crippen LogP contribution in [-0.2, 0) is 11.2 Å². The Kier molecular flexibility index (Phi) is 4.54. The highest BCUT2D eigenvalue weighted by Gasteiger charge is 2.18. The summed E-state index contributed by atoms with van der Waals surface area (Å²) in [6.07, 6.45) is 8.34. The van der Waals surface area contributed by atoms with Crippen molar-refractivity contribution in [3.63, 3.8) is 0 Å². The first-order chi connectivity index (χ1) is 8.25. The summed E-state index contributed by atoms with van der Waals surface area (Å²) in [6, 6.07) is 0. The largest absolute Gasteiger partial charge is 0.481 e. The number of hydrogen-bond acceptors (Lipinski definition) is 3. The molecule has 1 heterocycles. The molecule has 0 saturated heterocycles. The predicted octanol–water partition coefficient (Wildman–Crippen LogP) is 3.60. The van der Waals surface area contributed by atoms with E-state index in [9.17, 15) is 4.79 Å². The van der Waals surface area contributed by atoms with Crippen molar-refractivity contribution in [2.75, 3.05) is 0 Å². The molecule has 1 N–H and O–H groups in total. The van der Waals surface area contributed by atoms with Crippen LogP contribution in [0.25, 0.3) is 0 Å². The summed E-state index contributed by atoms with van der Waals surface area (Å²) in [7, 11) is 0. The fourth-order valence-electron chi connectivity index (χ4n) is 2.42. The summed E-state index contributed by atoms with van der Waals surface area (Å²) in [5.74, 6) is -0.0534. The van der Waals surface area contributed by atoms with Gasteiger partial charge in [-0.25, -0.2) is 4.98 Å². The quantitative estimate of drug-likeness (QED) is 0.872. The summed E-state index contributed by atoms with van der Waals surface area (Å²) < 4.78 is 0. The molecule has 94 valence electrons. The SMILES string of the molecule is O=C(O)CCCc1nc(C2CCCCC2)cs1. The minimum atomic E-state index is -0.714. The van der Waals surface area contributed by atoms with E-state index in [-0.39, 0.29) is 6.42 Å². The Morgan fingerprint density at radius 3 is 2.88 bits per heavy atom. The normalized spacial score (nSPS) is 17.2. The van der Waals surface area contributed by atoms with Crippen LogP contribution in [0.15, 0.2) is 5.38 Å². The molecule has 0 aliphatic heterocycles. The van der Waals surface area contributed by atoms with Crippen LogP contribution in [-0.4, -0.2) is 16.1 Å². The fraction of sp³-hybridized carbons (Fsp3) is 0.692. The monoisotopic (exact) mass is 253 g/mol. The van der Waals surface area contributed by atoms with Crippen LogP contribution in [0.5, 0.6) is 0 Å². The van der Waals surface area contributed by atoms with E-state index in [1.165, 1.54) is 37.8 Å². The topological polar surface area (TPSA) is 50.2 Å². The maximum Gasteiger partial charge on any atom is 0.303 e. The number of nitrogens with zero attached hydrogens (tertiary/aromatic N) is 1. The number of thiazole rings is 1. The molecular formula is C13H19NO2S. The highest BCUT2D eigenvalue weighted by atomic mass is 32.1. The van der Waals surface area contributed by atoms with Crippen LogP contribution >= 0.6 is 11.3 Å². The number of carboxylic acids is 1. The molecule has 0 spiro atoms. The van der Waals surface area contributed by atoms with Crippen molar-refractivity contribution < 1.29 is 9.90 Å². The van der Waals surface area contributed by atoms with Crippen molar-refractivity contribution in [2.45, 2.75) is 57.3 Å². The van der Waals surface area contributed by atoms with Gasteiger partial charge in [-0.05, 0) is 25.7 Å². The summed E-state index contributed by atoms with van der Waals surface area (Å²) >= 11 is 1.69. The lowest BCUT2D eigenvalue weighted by atomic mass is 9.87. The number of hydrogen-bond donors (Lipinski definition) is 1. The molecule has 0 aromatic carbocycles. The van der Waals surface area contributed by atoms with Gasteiger partial charge in [0.2, 0.25) is 0 Å². The first-order valence-corrected chi connectivity index (χ1v) is 7.30. The third-order valence-corrected chi connectivity index (χ3v) is 4.30. The van der Waals surface area contributed by atoms with E-state index in [1.54, 1.807) is 11.3 Å². The van der Waals surface area contributed by atoms with Crippen LogP contribution in [0.1, 0.15) is 61.6 Å². The van der Waals surface area contributed by atoms with Crippen molar-refractivity contribution >= 4 is 17.3 Å². The van der Waals surface area contributed by atoms with Gasteiger partial charge in [-0.2, -0.15) is 0 Å². The number of carbonyl (C=O) groups is 1. The molecular weight excluding hydrogens is 234 g/mol. The van der Waals surface area contributed by atoms with Gasteiger partial charge >= 0.3 is 5.97 Å². The number of aromatic nitrogens is 1. The van der Waals surface area contributed by atoms with E-state index in [2.05, 4.69) is 10.4 Å². The van der Waals surface area contributed by atoms with Gasteiger partial charge in [-0.15, -0.1) is 11.3 Å². The van der Waals surface area contributed by atoms with E-state index < -0.39 is 5.97 Å². The smallest absolute Gasteiger partial charge is 0.303 e. The van der Waals surface area contributed by atoms with Gasteiger partial charge in [0, 0.05) is 17.7 Å². The van der Waals surface area contributed by atoms with E-state index in [1.807, 2.05) is 0 Å². The van der Waals surface area contributed by atoms with Gasteiger partial charge in [0.25, 0.3) is 0 Å². The van der Waals surface area contributed by atoms with Crippen molar-refractivity contribution in [3.8, 4) is 0 Å². The molecule has 0 radical (unpaired) electrons. The molecule has 0 atom stereocenters. The first kappa shape index (κ1) is 12.6. The number of aryl methyl sites for hydroxylation is 1. The third-order valence-electron chi connectivity index (χ3n) is 3.37. The maximum absolute atomic E-state index is 10.4. The zero-order chi connectivity index (χ0) is 12.1. The Labute approximate surface area is 106 Å². The lowest BCUT2D eigenvalue weighted by Crippen LogP contribution is -2.05. The second-order valence-corrected chi connectivity index (χ2v) is 5.69. The average molecular weight is 253 g/mol. The second kappa shape index (κ2) is 6.15. The molecule has 17 heavy (non-hydrogen) atoms. The molecule has 1 aromatic heterocycles. The van der Waals surface area contributed by atoms with E-state index in [0.717, 1.165) is 11.4 Å². The van der Waals surface area contributed by atoms with Gasteiger partial charge in [0.1, 0.15) is 0 Å². The molecule has 1 aromatic rings. The van der Waals surface area contributed by atoms with Crippen molar-refractivity contribution in [2.24, 2.45) is 0 Å². The Morgan fingerprint density at radius 2 is 2.18 bits per heavy atom. The minimum Gasteiger partial charge on any atom is -0.481 e. The number of aliphatic carboxylic acids is 1. The Bertz CT molecular complexity index is 369. The Morgan fingerprint density at radius 1 is 1.41 bits per heavy atom. The van der Waals surface area contributed by atoms with Crippen LogP contribution in [0.4, 0.5) is 0 Å². The number of carboxylic acid groups (broad SMARTS) is 1. The maximum atomic E-state index is 10.4. The molecule has 0 unspecified atom stereocenters. The van der Waals surface area contributed by atoms with Gasteiger partial charge in [-0.3, -0.25) is 4.79 Å². The highest BCUT2D eigenvalue weighted by molar-refractivity contribution is 7.09. The molecule has 1 aliphatic rings. The summed E-state index contributed by atoms with van der Waals surface area (Å²) in [6.45, 7) is 0. The standard InChI is InChI=1S/C13H19NO2S/c15-13(16)8-4-7-12-14-11(9-17-12)10-5-2-1-3-6-10/h9-10H,1-8H2,(H,15,16). The molecule has 3 nitrogen and oxygen atoms in total. The molecule has 0 bridgehead atoms.